The van der Waals surface area contributed by atoms with E-state index in [-0.39, 0.29) is 5.91 Å². The zero-order valence-corrected chi connectivity index (χ0v) is 12.2. The summed E-state index contributed by atoms with van der Waals surface area (Å²) in [7, 11) is 1.64. The number of methoxy groups -OCH3 is 1. The maximum absolute atomic E-state index is 12.6. The van der Waals surface area contributed by atoms with Gasteiger partial charge < -0.3 is 15.4 Å². The molecule has 1 aliphatic carbocycles. The molecule has 4 heteroatoms. The Bertz CT molecular complexity index is 444. The summed E-state index contributed by atoms with van der Waals surface area (Å²) in [5.41, 5.74) is 6.45. The number of carbonyl (C=O) groups excluding carboxylic acids is 1. The minimum absolute atomic E-state index is 0.188. The molecule has 1 aliphatic rings. The van der Waals surface area contributed by atoms with E-state index in [0.29, 0.717) is 25.4 Å². The van der Waals surface area contributed by atoms with Crippen LogP contribution in [-0.2, 0) is 4.79 Å². The molecule has 1 aromatic rings. The molecule has 0 unspecified atom stereocenters. The largest absolute Gasteiger partial charge is 0.495 e. The van der Waals surface area contributed by atoms with Crippen LogP contribution in [0.2, 0.25) is 0 Å². The van der Waals surface area contributed by atoms with Crippen molar-refractivity contribution in [1.82, 2.24) is 0 Å². The maximum atomic E-state index is 12.6. The SMILES string of the molecule is COc1ccccc1N(CCCN)C(=O)CC1CCC1. The Hall–Kier alpha value is -1.55. The average molecular weight is 276 g/mol. The van der Waals surface area contributed by atoms with Crippen molar-refractivity contribution >= 4 is 11.6 Å². The lowest BCUT2D eigenvalue weighted by atomic mass is 9.82. The van der Waals surface area contributed by atoms with Gasteiger partial charge in [0.15, 0.2) is 0 Å². The summed E-state index contributed by atoms with van der Waals surface area (Å²) in [4.78, 5) is 14.4. The first kappa shape index (κ1) is 14.9. The molecule has 0 bridgehead atoms. The smallest absolute Gasteiger partial charge is 0.227 e. The topological polar surface area (TPSA) is 55.6 Å². The van der Waals surface area contributed by atoms with Crippen molar-refractivity contribution < 1.29 is 9.53 Å². The van der Waals surface area contributed by atoms with Crippen LogP contribution in [0.15, 0.2) is 24.3 Å². The third-order valence-electron chi connectivity index (χ3n) is 3.95. The minimum atomic E-state index is 0.188. The van der Waals surface area contributed by atoms with Crippen LogP contribution in [0.1, 0.15) is 32.1 Å². The molecule has 0 heterocycles. The zero-order valence-electron chi connectivity index (χ0n) is 12.2. The fraction of sp³-hybridized carbons (Fsp3) is 0.562. The van der Waals surface area contributed by atoms with E-state index in [1.807, 2.05) is 29.2 Å². The van der Waals surface area contributed by atoms with Gasteiger partial charge in [0.25, 0.3) is 0 Å². The lowest BCUT2D eigenvalue weighted by Crippen LogP contribution is -2.35. The average Bonchev–Trinajstić information content (AvgIpc) is 2.43. The summed E-state index contributed by atoms with van der Waals surface area (Å²) >= 11 is 0. The third kappa shape index (κ3) is 3.51. The molecule has 20 heavy (non-hydrogen) atoms. The van der Waals surface area contributed by atoms with Gasteiger partial charge in [0.2, 0.25) is 5.91 Å². The van der Waals surface area contributed by atoms with E-state index < -0.39 is 0 Å². The molecule has 1 saturated carbocycles. The number of hydrogen-bond donors (Lipinski definition) is 1. The molecular weight excluding hydrogens is 252 g/mol. The van der Waals surface area contributed by atoms with Crippen molar-refractivity contribution in [3.8, 4) is 5.75 Å². The number of anilines is 1. The maximum Gasteiger partial charge on any atom is 0.227 e. The van der Waals surface area contributed by atoms with Crippen LogP contribution >= 0.6 is 0 Å². The summed E-state index contributed by atoms with van der Waals surface area (Å²) in [6, 6.07) is 7.68. The van der Waals surface area contributed by atoms with E-state index >= 15 is 0 Å². The van der Waals surface area contributed by atoms with Crippen LogP contribution in [0.25, 0.3) is 0 Å². The predicted octanol–water partition coefficient (Wildman–Crippen LogP) is 2.57. The van der Waals surface area contributed by atoms with Crippen LogP contribution in [-0.4, -0.2) is 26.1 Å². The molecule has 1 amide bonds. The van der Waals surface area contributed by atoms with Gasteiger partial charge in [0, 0.05) is 13.0 Å². The number of carbonyl (C=O) groups is 1. The first-order valence-corrected chi connectivity index (χ1v) is 7.39. The van der Waals surface area contributed by atoms with Crippen LogP contribution in [0.3, 0.4) is 0 Å². The normalized spacial score (nSPS) is 14.7. The van der Waals surface area contributed by atoms with Crippen molar-refractivity contribution in [3.63, 3.8) is 0 Å². The van der Waals surface area contributed by atoms with Gasteiger partial charge >= 0.3 is 0 Å². The Labute approximate surface area is 120 Å². The molecule has 0 aliphatic heterocycles. The van der Waals surface area contributed by atoms with Gasteiger partial charge in [-0.05, 0) is 43.9 Å². The highest BCUT2D eigenvalue weighted by Crippen LogP contribution is 2.33. The van der Waals surface area contributed by atoms with Crippen molar-refractivity contribution in [3.05, 3.63) is 24.3 Å². The monoisotopic (exact) mass is 276 g/mol. The molecule has 2 rings (SSSR count). The molecule has 1 aromatic carbocycles. The molecule has 110 valence electrons. The molecule has 0 aromatic heterocycles. The minimum Gasteiger partial charge on any atom is -0.495 e. The fourth-order valence-electron chi connectivity index (χ4n) is 2.54. The lowest BCUT2D eigenvalue weighted by molar-refractivity contribution is -0.120. The number of amides is 1. The number of benzene rings is 1. The molecule has 0 saturated heterocycles. The molecular formula is C16H24N2O2. The van der Waals surface area contributed by atoms with E-state index in [2.05, 4.69) is 0 Å². The second-order valence-corrected chi connectivity index (χ2v) is 5.36. The van der Waals surface area contributed by atoms with Gasteiger partial charge in [-0.3, -0.25) is 4.79 Å². The van der Waals surface area contributed by atoms with E-state index in [9.17, 15) is 4.79 Å². The molecule has 1 fully saturated rings. The Morgan fingerprint density at radius 2 is 2.15 bits per heavy atom. The van der Waals surface area contributed by atoms with E-state index in [1.165, 1.54) is 19.3 Å². The van der Waals surface area contributed by atoms with Gasteiger partial charge in [-0.25, -0.2) is 0 Å². The van der Waals surface area contributed by atoms with Gasteiger partial charge in [-0.2, -0.15) is 0 Å². The lowest BCUT2D eigenvalue weighted by Gasteiger charge is -2.29. The van der Waals surface area contributed by atoms with Gasteiger partial charge in [-0.1, -0.05) is 18.6 Å². The number of nitrogens with zero attached hydrogens (tertiary/aromatic N) is 1. The van der Waals surface area contributed by atoms with Gasteiger partial charge in [0.05, 0.1) is 12.8 Å². The van der Waals surface area contributed by atoms with E-state index in [1.54, 1.807) is 7.11 Å². The number of para-hydroxylation sites is 2. The van der Waals surface area contributed by atoms with Crippen molar-refractivity contribution in [2.24, 2.45) is 11.7 Å². The second kappa shape index (κ2) is 7.29. The Kier molecular flexibility index (Phi) is 5.41. The fourth-order valence-corrected chi connectivity index (χ4v) is 2.54. The Morgan fingerprint density at radius 1 is 1.40 bits per heavy atom. The summed E-state index contributed by atoms with van der Waals surface area (Å²) in [6.07, 6.45) is 5.07. The quantitative estimate of drug-likeness (QED) is 0.832. The third-order valence-corrected chi connectivity index (χ3v) is 3.95. The van der Waals surface area contributed by atoms with Crippen LogP contribution in [0, 0.1) is 5.92 Å². The summed E-state index contributed by atoms with van der Waals surface area (Å²) in [5, 5.41) is 0. The van der Waals surface area contributed by atoms with E-state index in [0.717, 1.165) is 17.9 Å². The zero-order chi connectivity index (χ0) is 14.4. The van der Waals surface area contributed by atoms with Crippen LogP contribution in [0.4, 0.5) is 5.69 Å². The van der Waals surface area contributed by atoms with Gasteiger partial charge in [0.1, 0.15) is 5.75 Å². The van der Waals surface area contributed by atoms with Crippen LogP contribution in [0.5, 0.6) is 5.75 Å². The molecule has 0 atom stereocenters. The second-order valence-electron chi connectivity index (χ2n) is 5.36. The number of ether oxygens (including phenoxy) is 1. The van der Waals surface area contributed by atoms with Crippen molar-refractivity contribution in [2.45, 2.75) is 32.1 Å². The first-order chi connectivity index (χ1) is 9.76. The molecule has 4 nitrogen and oxygen atoms in total. The van der Waals surface area contributed by atoms with Gasteiger partial charge in [-0.15, -0.1) is 0 Å². The highest BCUT2D eigenvalue weighted by atomic mass is 16.5. The Morgan fingerprint density at radius 3 is 2.75 bits per heavy atom. The number of nitrogens with two attached hydrogens (primary N) is 1. The summed E-state index contributed by atoms with van der Waals surface area (Å²) in [5.74, 6) is 1.50. The highest BCUT2D eigenvalue weighted by Gasteiger charge is 2.25. The molecule has 0 spiro atoms. The highest BCUT2D eigenvalue weighted by molar-refractivity contribution is 5.95. The predicted molar refractivity (Wildman–Crippen MR) is 81.0 cm³/mol. The van der Waals surface area contributed by atoms with Crippen molar-refractivity contribution in [2.75, 3.05) is 25.1 Å². The molecule has 0 radical (unpaired) electrons. The standard InChI is InChI=1S/C16H24N2O2/c1-20-15-9-3-2-8-14(15)18(11-5-10-17)16(19)12-13-6-4-7-13/h2-3,8-9,13H,4-7,10-12,17H2,1H3. The molecule has 2 N–H and O–H groups in total. The van der Waals surface area contributed by atoms with E-state index in [4.69, 9.17) is 10.5 Å². The Balaban J connectivity index is 2.14. The van der Waals surface area contributed by atoms with Crippen LogP contribution < -0.4 is 15.4 Å². The first-order valence-electron chi connectivity index (χ1n) is 7.39. The number of rotatable bonds is 7. The van der Waals surface area contributed by atoms with Crippen molar-refractivity contribution in [1.29, 1.82) is 0 Å². The summed E-state index contributed by atoms with van der Waals surface area (Å²) < 4.78 is 5.38. The number of hydrogen-bond acceptors (Lipinski definition) is 3. The summed E-state index contributed by atoms with van der Waals surface area (Å²) in [6.45, 7) is 1.24.